The molecule has 4 aromatic rings. The summed E-state index contributed by atoms with van der Waals surface area (Å²) in [6.45, 7) is 2.67. The molecular weight excluding hydrogens is 463 g/mol. The number of piperidine rings is 1. The first kappa shape index (κ1) is 22.9. The van der Waals surface area contributed by atoms with Crippen LogP contribution in [0.15, 0.2) is 51.7 Å². The maximum Gasteiger partial charge on any atom is 0.329 e. The molecule has 1 amide bonds. The van der Waals surface area contributed by atoms with Crippen molar-refractivity contribution in [2.75, 3.05) is 13.1 Å². The zero-order valence-corrected chi connectivity index (χ0v) is 18.8. The lowest BCUT2D eigenvalue weighted by atomic mass is 10.0. The van der Waals surface area contributed by atoms with Crippen molar-refractivity contribution in [1.82, 2.24) is 24.2 Å². The molecule has 0 bridgehead atoms. The number of carbonyl (C=O) groups is 1. The van der Waals surface area contributed by atoms with E-state index < -0.39 is 18.1 Å². The average Bonchev–Trinajstić information content (AvgIpc) is 3.44. The van der Waals surface area contributed by atoms with Crippen LogP contribution in [0.5, 0.6) is 0 Å². The lowest BCUT2D eigenvalue weighted by Gasteiger charge is -2.31. The molecule has 3 heterocycles. The van der Waals surface area contributed by atoms with Crippen molar-refractivity contribution >= 4 is 16.9 Å². The third-order valence-electron chi connectivity index (χ3n) is 6.40. The summed E-state index contributed by atoms with van der Waals surface area (Å²) in [7, 11) is 0. The predicted octanol–water partition coefficient (Wildman–Crippen LogP) is 4.16. The highest BCUT2D eigenvalue weighted by Crippen LogP contribution is 2.28. The van der Waals surface area contributed by atoms with E-state index in [-0.39, 0.29) is 41.2 Å². The Kier molecular flexibility index (Phi) is 5.91. The van der Waals surface area contributed by atoms with Crippen LogP contribution in [-0.2, 0) is 11.3 Å². The molecule has 182 valence electrons. The lowest BCUT2D eigenvalue weighted by Crippen LogP contribution is -2.40. The number of halogens is 3. The van der Waals surface area contributed by atoms with E-state index in [1.54, 1.807) is 9.47 Å². The van der Waals surface area contributed by atoms with Gasteiger partial charge in [-0.2, -0.15) is 8.78 Å². The molecular formula is C24H22F3N5O3. The molecule has 1 aliphatic rings. The van der Waals surface area contributed by atoms with Crippen molar-refractivity contribution in [2.45, 2.75) is 38.8 Å². The van der Waals surface area contributed by atoms with E-state index in [0.717, 1.165) is 11.6 Å². The number of para-hydroxylation sites is 2. The van der Waals surface area contributed by atoms with E-state index in [9.17, 15) is 18.4 Å². The van der Waals surface area contributed by atoms with Gasteiger partial charge in [-0.15, -0.1) is 10.2 Å². The smallest absolute Gasteiger partial charge is 0.329 e. The van der Waals surface area contributed by atoms with E-state index in [4.69, 9.17) is 4.42 Å². The maximum atomic E-state index is 15.0. The van der Waals surface area contributed by atoms with Gasteiger partial charge >= 0.3 is 12.1 Å². The molecule has 0 atom stereocenters. The second kappa shape index (κ2) is 9.05. The van der Waals surface area contributed by atoms with Gasteiger partial charge in [0.1, 0.15) is 5.82 Å². The molecule has 0 radical (unpaired) electrons. The first-order valence-corrected chi connectivity index (χ1v) is 11.2. The van der Waals surface area contributed by atoms with Crippen LogP contribution in [-0.4, -0.2) is 43.2 Å². The van der Waals surface area contributed by atoms with Crippen LogP contribution >= 0.6 is 0 Å². The van der Waals surface area contributed by atoms with Crippen LogP contribution in [0.4, 0.5) is 13.2 Å². The maximum absolute atomic E-state index is 15.0. The summed E-state index contributed by atoms with van der Waals surface area (Å²) in [6, 6.07) is 11.4. The second-order valence-electron chi connectivity index (χ2n) is 8.52. The van der Waals surface area contributed by atoms with Crippen molar-refractivity contribution in [3.8, 4) is 11.5 Å². The standard InChI is InChI=1S/C24H22F3N5O3/c1-14(33)30-10-8-17(9-11-30)32-20-5-3-2-4-19(20)31(24(32)34)13-16-7-6-15(12-18(16)25)22-28-29-23(35-22)21(26)27/h2-7,12,17,21H,8-11,13H2,1H3. The summed E-state index contributed by atoms with van der Waals surface area (Å²) < 4.78 is 48.6. The summed E-state index contributed by atoms with van der Waals surface area (Å²) in [6.07, 6.45) is -1.61. The fourth-order valence-electron chi connectivity index (χ4n) is 4.60. The van der Waals surface area contributed by atoms with Crippen molar-refractivity contribution in [3.05, 3.63) is 70.2 Å². The SMILES string of the molecule is CC(=O)N1CCC(n2c(=O)n(Cc3ccc(-c4nnc(C(F)F)o4)cc3F)c3ccccc32)CC1. The Morgan fingerprint density at radius 1 is 1.11 bits per heavy atom. The zero-order chi connectivity index (χ0) is 24.7. The number of fused-ring (bicyclic) bond motifs is 1. The quantitative estimate of drug-likeness (QED) is 0.424. The molecule has 0 saturated carbocycles. The van der Waals surface area contributed by atoms with Gasteiger partial charge in [-0.25, -0.2) is 9.18 Å². The number of hydrogen-bond acceptors (Lipinski definition) is 5. The molecule has 0 aliphatic carbocycles. The number of rotatable bonds is 5. The van der Waals surface area contributed by atoms with Gasteiger partial charge in [0.25, 0.3) is 5.89 Å². The van der Waals surface area contributed by atoms with E-state index in [2.05, 4.69) is 10.2 Å². The van der Waals surface area contributed by atoms with Gasteiger partial charge < -0.3 is 9.32 Å². The van der Waals surface area contributed by atoms with Crippen molar-refractivity contribution in [1.29, 1.82) is 0 Å². The highest BCUT2D eigenvalue weighted by molar-refractivity contribution is 5.76. The van der Waals surface area contributed by atoms with Crippen LogP contribution in [0.1, 0.15) is 43.7 Å². The summed E-state index contributed by atoms with van der Waals surface area (Å²) >= 11 is 0. The Morgan fingerprint density at radius 3 is 2.46 bits per heavy atom. The molecule has 11 heteroatoms. The normalized spacial score (nSPS) is 14.8. The number of amides is 1. The van der Waals surface area contributed by atoms with Crippen molar-refractivity contribution in [3.63, 3.8) is 0 Å². The van der Waals surface area contributed by atoms with Gasteiger partial charge in [-0.3, -0.25) is 13.9 Å². The van der Waals surface area contributed by atoms with Gasteiger partial charge in [0.15, 0.2) is 0 Å². The minimum Gasteiger partial charge on any atom is -0.415 e. The molecule has 1 fully saturated rings. The number of alkyl halides is 2. The van der Waals surface area contributed by atoms with Gasteiger partial charge in [0.2, 0.25) is 11.8 Å². The van der Waals surface area contributed by atoms with Gasteiger partial charge in [-0.1, -0.05) is 18.2 Å². The first-order chi connectivity index (χ1) is 16.8. The van der Waals surface area contributed by atoms with Crippen LogP contribution in [0.25, 0.3) is 22.5 Å². The Morgan fingerprint density at radius 2 is 1.83 bits per heavy atom. The van der Waals surface area contributed by atoms with E-state index in [0.29, 0.717) is 31.4 Å². The summed E-state index contributed by atoms with van der Waals surface area (Å²) in [5.74, 6) is -1.66. The average molecular weight is 485 g/mol. The number of benzene rings is 2. The van der Waals surface area contributed by atoms with Crippen LogP contribution < -0.4 is 5.69 Å². The summed E-state index contributed by atoms with van der Waals surface area (Å²) in [4.78, 5) is 26.9. The first-order valence-electron chi connectivity index (χ1n) is 11.2. The summed E-state index contributed by atoms with van der Waals surface area (Å²) in [5.41, 5.74) is 1.58. The number of nitrogens with zero attached hydrogens (tertiary/aromatic N) is 5. The molecule has 1 saturated heterocycles. The number of likely N-dealkylation sites (tertiary alicyclic amines) is 1. The Hall–Kier alpha value is -3.89. The van der Waals surface area contributed by atoms with E-state index >= 15 is 4.39 Å². The molecule has 0 N–H and O–H groups in total. The van der Waals surface area contributed by atoms with E-state index in [1.165, 1.54) is 23.6 Å². The minimum absolute atomic E-state index is 0.0168. The highest BCUT2D eigenvalue weighted by atomic mass is 19.3. The number of hydrogen-bond donors (Lipinski definition) is 0. The molecule has 1 aliphatic heterocycles. The van der Waals surface area contributed by atoms with Gasteiger partial charge in [0.05, 0.1) is 17.6 Å². The molecule has 2 aromatic carbocycles. The second-order valence-corrected chi connectivity index (χ2v) is 8.52. The number of imidazole rings is 1. The fourth-order valence-corrected chi connectivity index (χ4v) is 4.60. The molecule has 2 aromatic heterocycles. The molecule has 35 heavy (non-hydrogen) atoms. The topological polar surface area (TPSA) is 86.2 Å². The largest absolute Gasteiger partial charge is 0.415 e. The van der Waals surface area contributed by atoms with Crippen molar-refractivity contribution in [2.24, 2.45) is 0 Å². The van der Waals surface area contributed by atoms with Crippen LogP contribution in [0.3, 0.4) is 0 Å². The Balaban J connectivity index is 1.46. The van der Waals surface area contributed by atoms with Crippen LogP contribution in [0, 0.1) is 5.82 Å². The predicted molar refractivity (Wildman–Crippen MR) is 120 cm³/mol. The molecule has 5 rings (SSSR count). The Labute approximate surface area is 197 Å². The van der Waals surface area contributed by atoms with E-state index in [1.807, 2.05) is 24.3 Å². The minimum atomic E-state index is -2.92. The van der Waals surface area contributed by atoms with Crippen LogP contribution in [0.2, 0.25) is 0 Å². The zero-order valence-electron chi connectivity index (χ0n) is 18.8. The highest BCUT2D eigenvalue weighted by Gasteiger charge is 2.26. The Bertz CT molecular complexity index is 1450. The summed E-state index contributed by atoms with van der Waals surface area (Å²) in [5, 5.41) is 6.80. The number of aromatic nitrogens is 4. The lowest BCUT2D eigenvalue weighted by molar-refractivity contribution is -0.130. The third-order valence-corrected chi connectivity index (χ3v) is 6.40. The molecule has 0 spiro atoms. The fraction of sp³-hybridized carbons (Fsp3) is 0.333. The number of carbonyl (C=O) groups excluding carboxylic acids is 1. The van der Waals surface area contributed by atoms with Crippen molar-refractivity contribution < 1.29 is 22.4 Å². The monoisotopic (exact) mass is 485 g/mol. The van der Waals surface area contributed by atoms with Gasteiger partial charge in [-0.05, 0) is 37.1 Å². The molecule has 0 unspecified atom stereocenters. The third kappa shape index (κ3) is 4.22. The molecule has 8 nitrogen and oxygen atoms in total. The van der Waals surface area contributed by atoms with Gasteiger partial charge in [0, 0.05) is 37.2 Å².